The van der Waals surface area contributed by atoms with E-state index in [-0.39, 0.29) is 12.0 Å². The average molecular weight is 268 g/mol. The molecule has 0 amide bonds. The van der Waals surface area contributed by atoms with Gasteiger partial charge in [-0.1, -0.05) is 19.3 Å². The lowest BCUT2D eigenvalue weighted by atomic mass is 9.78. The third kappa shape index (κ3) is 3.09. The van der Waals surface area contributed by atoms with Crippen molar-refractivity contribution in [2.45, 2.75) is 50.6 Å². The largest absolute Gasteiger partial charge is 0.481 e. The normalized spacial score (nSPS) is 19.0. The summed E-state index contributed by atoms with van der Waals surface area (Å²) in [7, 11) is 2.04. The molecule has 0 spiro atoms. The second kappa shape index (κ2) is 5.80. The van der Waals surface area contributed by atoms with Crippen molar-refractivity contribution in [1.82, 2.24) is 9.88 Å². The van der Waals surface area contributed by atoms with E-state index in [1.54, 1.807) is 17.5 Å². The first-order valence-electron chi connectivity index (χ1n) is 6.44. The van der Waals surface area contributed by atoms with Gasteiger partial charge in [-0.2, -0.15) is 0 Å². The van der Waals surface area contributed by atoms with E-state index in [0.29, 0.717) is 0 Å². The molecule has 0 unspecified atom stereocenters. The van der Waals surface area contributed by atoms with Crippen molar-refractivity contribution in [3.05, 3.63) is 16.6 Å². The molecule has 1 aliphatic rings. The number of rotatable bonds is 5. The lowest BCUT2D eigenvalue weighted by Gasteiger charge is -2.43. The van der Waals surface area contributed by atoms with Crippen LogP contribution in [0.15, 0.2) is 11.6 Å². The lowest BCUT2D eigenvalue weighted by Crippen LogP contribution is -2.49. The van der Waals surface area contributed by atoms with Gasteiger partial charge in [0, 0.05) is 17.1 Å². The summed E-state index contributed by atoms with van der Waals surface area (Å²) >= 11 is 1.63. The van der Waals surface area contributed by atoms with E-state index in [2.05, 4.69) is 9.88 Å². The molecule has 5 heteroatoms. The summed E-state index contributed by atoms with van der Waals surface area (Å²) in [5, 5.41) is 12.2. The SMILES string of the molecule is CN(Cc1nccs1)C1(CC(=O)O)CCCCC1. The van der Waals surface area contributed by atoms with Gasteiger partial charge in [-0.25, -0.2) is 4.98 Å². The molecule has 0 aromatic carbocycles. The fourth-order valence-electron chi connectivity index (χ4n) is 2.89. The van der Waals surface area contributed by atoms with Crippen LogP contribution in [-0.4, -0.2) is 33.5 Å². The minimum absolute atomic E-state index is 0.171. The highest BCUT2D eigenvalue weighted by Crippen LogP contribution is 2.36. The number of carboxylic acids is 1. The molecule has 1 aromatic heterocycles. The maximum atomic E-state index is 11.1. The molecule has 18 heavy (non-hydrogen) atoms. The molecular formula is C13H20N2O2S. The van der Waals surface area contributed by atoms with Gasteiger partial charge < -0.3 is 5.11 Å². The summed E-state index contributed by atoms with van der Waals surface area (Å²) < 4.78 is 0. The van der Waals surface area contributed by atoms with Crippen LogP contribution in [0.2, 0.25) is 0 Å². The first-order valence-corrected chi connectivity index (χ1v) is 7.32. The highest BCUT2D eigenvalue weighted by Gasteiger charge is 2.38. The van der Waals surface area contributed by atoms with Gasteiger partial charge in [0.25, 0.3) is 0 Å². The molecule has 100 valence electrons. The van der Waals surface area contributed by atoms with E-state index in [9.17, 15) is 4.79 Å². The van der Waals surface area contributed by atoms with Crippen LogP contribution in [0.4, 0.5) is 0 Å². The molecule has 4 nitrogen and oxygen atoms in total. The third-order valence-electron chi connectivity index (χ3n) is 3.93. The Kier molecular flexibility index (Phi) is 4.35. The number of nitrogens with zero attached hydrogens (tertiary/aromatic N) is 2. The van der Waals surface area contributed by atoms with Gasteiger partial charge >= 0.3 is 5.97 Å². The van der Waals surface area contributed by atoms with Crippen LogP contribution in [-0.2, 0) is 11.3 Å². The van der Waals surface area contributed by atoms with Crippen molar-refractivity contribution >= 4 is 17.3 Å². The van der Waals surface area contributed by atoms with E-state index in [4.69, 9.17) is 5.11 Å². The van der Waals surface area contributed by atoms with Gasteiger partial charge in [0.05, 0.1) is 13.0 Å². The van der Waals surface area contributed by atoms with Crippen LogP contribution in [0, 0.1) is 0 Å². The molecule has 1 saturated carbocycles. The number of thiazole rings is 1. The predicted octanol–water partition coefficient (Wildman–Crippen LogP) is 2.75. The van der Waals surface area contributed by atoms with Gasteiger partial charge in [-0.05, 0) is 19.9 Å². The highest BCUT2D eigenvalue weighted by atomic mass is 32.1. The van der Waals surface area contributed by atoms with Crippen molar-refractivity contribution < 1.29 is 9.90 Å². The predicted molar refractivity (Wildman–Crippen MR) is 71.6 cm³/mol. The standard InChI is InChI=1S/C13H20N2O2S/c1-15(10-11-14-7-8-18-11)13(9-12(16)17)5-3-2-4-6-13/h7-8H,2-6,9-10H2,1H3,(H,16,17). The molecule has 1 aromatic rings. The van der Waals surface area contributed by atoms with E-state index >= 15 is 0 Å². The fourth-order valence-corrected chi connectivity index (χ4v) is 3.56. The third-order valence-corrected chi connectivity index (χ3v) is 4.69. The van der Waals surface area contributed by atoms with E-state index in [1.165, 1.54) is 6.42 Å². The molecule has 1 heterocycles. The summed E-state index contributed by atoms with van der Waals surface area (Å²) in [6.07, 6.45) is 7.52. The Hall–Kier alpha value is -0.940. The van der Waals surface area contributed by atoms with Gasteiger partial charge in [0.15, 0.2) is 0 Å². The van der Waals surface area contributed by atoms with E-state index < -0.39 is 5.97 Å². The minimum atomic E-state index is -0.692. The van der Waals surface area contributed by atoms with Gasteiger partial charge in [0.1, 0.15) is 5.01 Å². The number of carbonyl (C=O) groups is 1. The zero-order chi connectivity index (χ0) is 13.0. The quantitative estimate of drug-likeness (QED) is 0.892. The number of hydrogen-bond donors (Lipinski definition) is 1. The van der Waals surface area contributed by atoms with Crippen LogP contribution in [0.3, 0.4) is 0 Å². The summed E-state index contributed by atoms with van der Waals surface area (Å²) in [5.74, 6) is -0.692. The Bertz CT molecular complexity index is 386. The zero-order valence-electron chi connectivity index (χ0n) is 10.8. The number of carboxylic acid groups (broad SMARTS) is 1. The Balaban J connectivity index is 2.09. The smallest absolute Gasteiger partial charge is 0.305 e. The topological polar surface area (TPSA) is 53.4 Å². The maximum absolute atomic E-state index is 11.1. The summed E-state index contributed by atoms with van der Waals surface area (Å²) in [4.78, 5) is 17.6. The molecule has 1 aliphatic carbocycles. The second-order valence-electron chi connectivity index (χ2n) is 5.14. The summed E-state index contributed by atoms with van der Waals surface area (Å²) in [5.41, 5.74) is -0.171. The summed E-state index contributed by atoms with van der Waals surface area (Å²) in [6.45, 7) is 0.755. The lowest BCUT2D eigenvalue weighted by molar-refractivity contribution is -0.141. The van der Waals surface area contributed by atoms with Crippen LogP contribution < -0.4 is 0 Å². The molecule has 1 fully saturated rings. The van der Waals surface area contributed by atoms with Gasteiger partial charge in [-0.3, -0.25) is 9.69 Å². The fraction of sp³-hybridized carbons (Fsp3) is 0.692. The van der Waals surface area contributed by atoms with Crippen molar-refractivity contribution in [3.8, 4) is 0 Å². The molecule has 0 saturated heterocycles. The first-order chi connectivity index (χ1) is 8.62. The monoisotopic (exact) mass is 268 g/mol. The van der Waals surface area contributed by atoms with Crippen LogP contribution >= 0.6 is 11.3 Å². The molecule has 0 bridgehead atoms. The van der Waals surface area contributed by atoms with Crippen LogP contribution in [0.5, 0.6) is 0 Å². The van der Waals surface area contributed by atoms with Crippen molar-refractivity contribution in [2.75, 3.05) is 7.05 Å². The Morgan fingerprint density at radius 1 is 1.50 bits per heavy atom. The second-order valence-corrected chi connectivity index (χ2v) is 6.12. The molecule has 1 N–H and O–H groups in total. The van der Waals surface area contributed by atoms with Crippen molar-refractivity contribution in [3.63, 3.8) is 0 Å². The number of aliphatic carboxylic acids is 1. The van der Waals surface area contributed by atoms with Crippen LogP contribution in [0.25, 0.3) is 0 Å². The van der Waals surface area contributed by atoms with Gasteiger partial charge in [-0.15, -0.1) is 11.3 Å². The number of hydrogen-bond acceptors (Lipinski definition) is 4. The Labute approximate surface area is 112 Å². The Morgan fingerprint density at radius 3 is 2.78 bits per heavy atom. The van der Waals surface area contributed by atoms with Gasteiger partial charge in [0.2, 0.25) is 0 Å². The van der Waals surface area contributed by atoms with Crippen molar-refractivity contribution in [2.24, 2.45) is 0 Å². The van der Waals surface area contributed by atoms with E-state index in [0.717, 1.165) is 37.2 Å². The molecule has 0 atom stereocenters. The zero-order valence-corrected chi connectivity index (χ0v) is 11.6. The average Bonchev–Trinajstić information content (AvgIpc) is 2.82. The molecule has 0 radical (unpaired) electrons. The maximum Gasteiger partial charge on any atom is 0.305 e. The first kappa shape index (κ1) is 13.5. The van der Waals surface area contributed by atoms with Crippen molar-refractivity contribution in [1.29, 1.82) is 0 Å². The molecule has 0 aliphatic heterocycles. The van der Waals surface area contributed by atoms with Crippen LogP contribution in [0.1, 0.15) is 43.5 Å². The van der Waals surface area contributed by atoms with E-state index in [1.807, 2.05) is 12.4 Å². The Morgan fingerprint density at radius 2 is 2.22 bits per heavy atom. The molecule has 2 rings (SSSR count). The summed E-state index contributed by atoms with van der Waals surface area (Å²) in [6, 6.07) is 0. The minimum Gasteiger partial charge on any atom is -0.481 e. The number of aromatic nitrogens is 1. The molecular weight excluding hydrogens is 248 g/mol. The highest BCUT2D eigenvalue weighted by molar-refractivity contribution is 7.09.